The summed E-state index contributed by atoms with van der Waals surface area (Å²) in [5.41, 5.74) is 3.42. The lowest BCUT2D eigenvalue weighted by atomic mass is 10.0. The zero-order valence-electron chi connectivity index (χ0n) is 17.1. The van der Waals surface area contributed by atoms with Gasteiger partial charge in [0.05, 0.1) is 22.9 Å². The monoisotopic (exact) mass is 433 g/mol. The highest BCUT2D eigenvalue weighted by atomic mass is 35.5. The van der Waals surface area contributed by atoms with E-state index in [2.05, 4.69) is 10.1 Å². The number of aromatic nitrogens is 2. The van der Waals surface area contributed by atoms with Gasteiger partial charge in [-0.05, 0) is 61.0 Å². The van der Waals surface area contributed by atoms with Crippen LogP contribution in [-0.2, 0) is 4.79 Å². The number of ether oxygens (including phenoxy) is 1. The lowest BCUT2D eigenvalue weighted by molar-refractivity contribution is -0.116. The maximum atomic E-state index is 12.7. The molecule has 4 rings (SSSR count). The van der Waals surface area contributed by atoms with E-state index in [0.29, 0.717) is 28.6 Å². The van der Waals surface area contributed by atoms with E-state index in [1.165, 1.54) is 11.8 Å². The zero-order valence-corrected chi connectivity index (χ0v) is 17.8. The van der Waals surface area contributed by atoms with Crippen molar-refractivity contribution in [1.29, 1.82) is 0 Å². The van der Waals surface area contributed by atoms with E-state index in [9.17, 15) is 4.79 Å². The number of benzene rings is 2. The van der Waals surface area contributed by atoms with Gasteiger partial charge in [0.2, 0.25) is 11.8 Å². The van der Waals surface area contributed by atoms with Crippen molar-refractivity contribution in [2.75, 3.05) is 11.5 Å². The van der Waals surface area contributed by atoms with Crippen molar-refractivity contribution in [3.05, 3.63) is 78.1 Å². The van der Waals surface area contributed by atoms with Crippen molar-refractivity contribution < 1.29 is 14.1 Å². The van der Waals surface area contributed by atoms with Gasteiger partial charge in [0.15, 0.2) is 0 Å². The number of amides is 1. The molecule has 156 valence electrons. The highest BCUT2D eigenvalue weighted by Crippen LogP contribution is 2.43. The summed E-state index contributed by atoms with van der Waals surface area (Å²) in [5.74, 6) is 0.801. The van der Waals surface area contributed by atoms with Crippen molar-refractivity contribution in [1.82, 2.24) is 10.1 Å². The number of carbonyl (C=O) groups is 1. The maximum Gasteiger partial charge on any atom is 0.247 e. The first-order valence-electron chi connectivity index (χ1n) is 9.78. The fourth-order valence-electron chi connectivity index (χ4n) is 3.34. The highest BCUT2D eigenvalue weighted by Gasteiger charge is 2.28. The van der Waals surface area contributed by atoms with Crippen LogP contribution < -0.4 is 9.64 Å². The standard InChI is InChI=1S/C24H20ClN3O3/c1-3-30-19-10-8-18(9-11-19)23-22(17-12-14-26-15-13-17)24(31-27-23)28(16(2)29)21-7-5-4-6-20(21)25/h4-15H,3H2,1-2H3. The molecule has 1 amide bonds. The molecule has 2 aromatic carbocycles. The molecule has 0 N–H and O–H groups in total. The lowest BCUT2D eigenvalue weighted by Crippen LogP contribution is -2.23. The van der Waals surface area contributed by atoms with Crippen molar-refractivity contribution in [2.24, 2.45) is 0 Å². The molecule has 0 unspecified atom stereocenters. The summed E-state index contributed by atoms with van der Waals surface area (Å²) in [5, 5.41) is 4.75. The van der Waals surface area contributed by atoms with Crippen molar-refractivity contribution in [2.45, 2.75) is 13.8 Å². The Labute approximate surface area is 185 Å². The minimum absolute atomic E-state index is 0.252. The molecular weight excluding hydrogens is 414 g/mol. The predicted octanol–water partition coefficient (Wildman–Crippen LogP) is 6.14. The molecule has 2 aromatic heterocycles. The largest absolute Gasteiger partial charge is 0.494 e. The molecule has 0 saturated heterocycles. The van der Waals surface area contributed by atoms with Crippen LogP contribution in [0, 0.1) is 0 Å². The van der Waals surface area contributed by atoms with E-state index >= 15 is 0 Å². The normalized spacial score (nSPS) is 10.7. The topological polar surface area (TPSA) is 68.5 Å². The fraction of sp³-hybridized carbons (Fsp3) is 0.125. The summed E-state index contributed by atoms with van der Waals surface area (Å²) in [6.45, 7) is 3.98. The SMILES string of the molecule is CCOc1ccc(-c2noc(N(C(C)=O)c3ccccc3Cl)c2-c2ccncc2)cc1. The smallest absolute Gasteiger partial charge is 0.247 e. The van der Waals surface area contributed by atoms with Crippen LogP contribution in [0.3, 0.4) is 0 Å². The third kappa shape index (κ3) is 4.15. The average Bonchev–Trinajstić information content (AvgIpc) is 3.21. The van der Waals surface area contributed by atoms with E-state index in [4.69, 9.17) is 20.9 Å². The Morgan fingerprint density at radius 1 is 1.03 bits per heavy atom. The third-order valence-electron chi connectivity index (χ3n) is 4.69. The van der Waals surface area contributed by atoms with E-state index in [1.807, 2.05) is 49.4 Å². The quantitative estimate of drug-likeness (QED) is 0.365. The van der Waals surface area contributed by atoms with Crippen LogP contribution in [0.15, 0.2) is 77.6 Å². The number of hydrogen-bond donors (Lipinski definition) is 0. The molecule has 0 fully saturated rings. The van der Waals surface area contributed by atoms with Gasteiger partial charge >= 0.3 is 0 Å². The van der Waals surface area contributed by atoms with Gasteiger partial charge in [0.1, 0.15) is 11.4 Å². The molecule has 6 nitrogen and oxygen atoms in total. The Balaban J connectivity index is 1.91. The fourth-order valence-corrected chi connectivity index (χ4v) is 3.56. The Morgan fingerprint density at radius 3 is 2.39 bits per heavy atom. The van der Waals surface area contributed by atoms with Gasteiger partial charge in [-0.25, -0.2) is 4.90 Å². The summed E-state index contributed by atoms with van der Waals surface area (Å²) >= 11 is 6.40. The Hall–Kier alpha value is -3.64. The van der Waals surface area contributed by atoms with Crippen LogP contribution in [-0.4, -0.2) is 22.7 Å². The molecule has 0 saturated carbocycles. The van der Waals surface area contributed by atoms with Crippen molar-refractivity contribution in [3.63, 3.8) is 0 Å². The Bertz CT molecular complexity index is 1190. The van der Waals surface area contributed by atoms with Crippen LogP contribution in [0.4, 0.5) is 11.6 Å². The predicted molar refractivity (Wildman–Crippen MR) is 121 cm³/mol. The van der Waals surface area contributed by atoms with Crippen LogP contribution in [0.25, 0.3) is 22.4 Å². The Morgan fingerprint density at radius 2 is 1.74 bits per heavy atom. The van der Waals surface area contributed by atoms with Gasteiger partial charge in [-0.15, -0.1) is 0 Å². The zero-order chi connectivity index (χ0) is 21.8. The first-order chi connectivity index (χ1) is 15.1. The molecule has 0 aliphatic heterocycles. The Kier molecular flexibility index (Phi) is 6.00. The molecule has 2 heterocycles. The van der Waals surface area contributed by atoms with Gasteiger partial charge in [-0.2, -0.15) is 0 Å². The number of nitrogens with zero attached hydrogens (tertiary/aromatic N) is 3. The molecule has 0 aliphatic carbocycles. The minimum Gasteiger partial charge on any atom is -0.494 e. The molecule has 0 atom stereocenters. The van der Waals surface area contributed by atoms with Crippen molar-refractivity contribution >= 4 is 29.1 Å². The summed E-state index contributed by atoms with van der Waals surface area (Å²) in [6, 6.07) is 18.4. The number of rotatable bonds is 6. The van der Waals surface area contributed by atoms with E-state index in [-0.39, 0.29) is 11.8 Å². The summed E-state index contributed by atoms with van der Waals surface area (Å²) < 4.78 is 11.3. The number of hydrogen-bond acceptors (Lipinski definition) is 5. The van der Waals surface area contributed by atoms with E-state index in [0.717, 1.165) is 16.9 Å². The van der Waals surface area contributed by atoms with Gasteiger partial charge in [-0.1, -0.05) is 28.9 Å². The number of carbonyl (C=O) groups excluding carboxylic acids is 1. The first kappa shape index (κ1) is 20.6. The van der Waals surface area contributed by atoms with Gasteiger partial charge in [0.25, 0.3) is 0 Å². The second-order valence-electron chi connectivity index (χ2n) is 6.71. The molecule has 4 aromatic rings. The molecule has 0 spiro atoms. The minimum atomic E-state index is -0.252. The molecule has 0 aliphatic rings. The summed E-state index contributed by atoms with van der Waals surface area (Å²) in [7, 11) is 0. The first-order valence-corrected chi connectivity index (χ1v) is 10.2. The number of halogens is 1. The third-order valence-corrected chi connectivity index (χ3v) is 5.01. The van der Waals surface area contributed by atoms with Crippen molar-refractivity contribution in [3.8, 4) is 28.1 Å². The van der Waals surface area contributed by atoms with Gasteiger partial charge in [0, 0.05) is 24.9 Å². The number of para-hydroxylation sites is 1. The van der Waals surface area contributed by atoms with Gasteiger partial charge < -0.3 is 9.26 Å². The van der Waals surface area contributed by atoms with Gasteiger partial charge in [-0.3, -0.25) is 9.78 Å². The number of anilines is 2. The molecule has 0 radical (unpaired) electrons. The van der Waals surface area contributed by atoms with E-state index < -0.39 is 0 Å². The summed E-state index contributed by atoms with van der Waals surface area (Å²) in [4.78, 5) is 18.2. The highest BCUT2D eigenvalue weighted by molar-refractivity contribution is 6.34. The van der Waals surface area contributed by atoms with Crippen LogP contribution in [0.2, 0.25) is 5.02 Å². The van der Waals surface area contributed by atoms with E-state index in [1.54, 1.807) is 30.6 Å². The summed E-state index contributed by atoms with van der Waals surface area (Å²) in [6.07, 6.45) is 3.36. The molecular formula is C24H20ClN3O3. The van der Waals surface area contributed by atoms with Crippen LogP contribution in [0.1, 0.15) is 13.8 Å². The second kappa shape index (κ2) is 9.02. The maximum absolute atomic E-state index is 12.7. The average molecular weight is 434 g/mol. The molecule has 0 bridgehead atoms. The van der Waals surface area contributed by atoms with Crippen LogP contribution >= 0.6 is 11.6 Å². The lowest BCUT2D eigenvalue weighted by Gasteiger charge is -2.20. The van der Waals surface area contributed by atoms with Crippen LogP contribution in [0.5, 0.6) is 5.75 Å². The number of pyridine rings is 1. The second-order valence-corrected chi connectivity index (χ2v) is 7.12. The molecule has 7 heteroatoms. The molecule has 31 heavy (non-hydrogen) atoms.